The van der Waals surface area contributed by atoms with Crippen molar-refractivity contribution in [2.75, 3.05) is 0 Å². The number of hydrogen-bond donors (Lipinski definition) is 0. The minimum absolute atomic E-state index is 1.30. The lowest BCUT2D eigenvalue weighted by molar-refractivity contribution is 0.721. The molecule has 0 rings (SSSR count). The molecule has 0 N–H and O–H groups in total. The van der Waals surface area contributed by atoms with Gasteiger partial charge in [0.15, 0.2) is 0 Å². The van der Waals surface area contributed by atoms with Crippen molar-refractivity contribution in [3.8, 4) is 0 Å². The van der Waals surface area contributed by atoms with Gasteiger partial charge in [-0.05, 0) is 32.6 Å². The van der Waals surface area contributed by atoms with E-state index in [2.05, 4.69) is 27.7 Å². The smallest absolute Gasteiger partial charge is 0.0318 e. The molecule has 0 nitrogen and oxygen atoms in total. The first kappa shape index (κ1) is 12.7. The largest absolute Gasteiger partial charge is 0.0741 e. The SMILES string of the molecule is CCCCC(CCC)=C(C)CCC. The Bertz CT molecular complexity index is 142. The summed E-state index contributed by atoms with van der Waals surface area (Å²) in [4.78, 5) is 0. The first-order valence-corrected chi connectivity index (χ1v) is 5.93. The van der Waals surface area contributed by atoms with Crippen LogP contribution in [-0.2, 0) is 0 Å². The van der Waals surface area contributed by atoms with Gasteiger partial charge in [0, 0.05) is 0 Å². The van der Waals surface area contributed by atoms with Crippen molar-refractivity contribution < 1.29 is 0 Å². The maximum absolute atomic E-state index is 2.32. The molecule has 0 aliphatic carbocycles. The highest BCUT2D eigenvalue weighted by Gasteiger charge is 2.00. The van der Waals surface area contributed by atoms with Gasteiger partial charge in [-0.1, -0.05) is 51.2 Å². The third-order valence-corrected chi connectivity index (χ3v) is 2.61. The Morgan fingerprint density at radius 1 is 0.769 bits per heavy atom. The van der Waals surface area contributed by atoms with E-state index >= 15 is 0 Å². The molecule has 0 unspecified atom stereocenters. The third kappa shape index (κ3) is 5.90. The van der Waals surface area contributed by atoms with Gasteiger partial charge in [-0.15, -0.1) is 0 Å². The zero-order valence-corrected chi connectivity index (χ0v) is 9.95. The van der Waals surface area contributed by atoms with Gasteiger partial charge in [-0.2, -0.15) is 0 Å². The Morgan fingerprint density at radius 3 is 1.85 bits per heavy atom. The predicted octanol–water partition coefficient (Wildman–Crippen LogP) is 5.09. The van der Waals surface area contributed by atoms with Crippen molar-refractivity contribution in [1.29, 1.82) is 0 Å². The summed E-state index contributed by atoms with van der Waals surface area (Å²) in [7, 11) is 0. The topological polar surface area (TPSA) is 0 Å². The zero-order valence-electron chi connectivity index (χ0n) is 9.95. The number of unbranched alkanes of at least 4 members (excludes halogenated alkanes) is 1. The fraction of sp³-hybridized carbons (Fsp3) is 0.846. The lowest BCUT2D eigenvalue weighted by Crippen LogP contribution is -1.90. The maximum Gasteiger partial charge on any atom is -0.0318 e. The molecule has 0 heteroatoms. The normalized spacial score (nSPS) is 12.9. The Morgan fingerprint density at radius 2 is 1.38 bits per heavy atom. The van der Waals surface area contributed by atoms with Gasteiger partial charge in [0.05, 0.1) is 0 Å². The highest BCUT2D eigenvalue weighted by molar-refractivity contribution is 5.11. The third-order valence-electron chi connectivity index (χ3n) is 2.61. The second-order valence-electron chi connectivity index (χ2n) is 3.99. The lowest BCUT2D eigenvalue weighted by Gasteiger charge is -2.10. The molecule has 0 aliphatic rings. The van der Waals surface area contributed by atoms with Crippen LogP contribution in [0.4, 0.5) is 0 Å². The van der Waals surface area contributed by atoms with Crippen molar-refractivity contribution in [3.05, 3.63) is 11.1 Å². The summed E-state index contributed by atoms with van der Waals surface area (Å²) < 4.78 is 0. The number of rotatable bonds is 7. The Labute approximate surface area is 84.4 Å². The summed E-state index contributed by atoms with van der Waals surface area (Å²) >= 11 is 0. The highest BCUT2D eigenvalue weighted by Crippen LogP contribution is 2.20. The minimum Gasteiger partial charge on any atom is -0.0741 e. The summed E-state index contributed by atoms with van der Waals surface area (Å²) in [5.41, 5.74) is 3.41. The van der Waals surface area contributed by atoms with E-state index in [9.17, 15) is 0 Å². The van der Waals surface area contributed by atoms with E-state index in [-0.39, 0.29) is 0 Å². The molecule has 0 saturated carbocycles. The van der Waals surface area contributed by atoms with Crippen LogP contribution in [0.5, 0.6) is 0 Å². The quantitative estimate of drug-likeness (QED) is 0.481. The molecule has 0 aromatic heterocycles. The molecule has 0 spiro atoms. The molecule has 0 saturated heterocycles. The van der Waals surface area contributed by atoms with Crippen molar-refractivity contribution >= 4 is 0 Å². The first-order valence-electron chi connectivity index (χ1n) is 5.93. The Balaban J connectivity index is 4.10. The minimum atomic E-state index is 1.30. The molecule has 0 radical (unpaired) electrons. The number of hydrogen-bond acceptors (Lipinski definition) is 0. The van der Waals surface area contributed by atoms with Crippen LogP contribution in [0.3, 0.4) is 0 Å². The van der Waals surface area contributed by atoms with Gasteiger partial charge in [0.2, 0.25) is 0 Å². The van der Waals surface area contributed by atoms with E-state index < -0.39 is 0 Å². The molecule has 0 heterocycles. The van der Waals surface area contributed by atoms with Crippen LogP contribution < -0.4 is 0 Å². The Hall–Kier alpha value is -0.260. The van der Waals surface area contributed by atoms with E-state index in [1.165, 1.54) is 44.9 Å². The van der Waals surface area contributed by atoms with E-state index in [1.807, 2.05) is 0 Å². The average molecular weight is 182 g/mol. The molecule has 0 aliphatic heterocycles. The van der Waals surface area contributed by atoms with Crippen LogP contribution in [0.15, 0.2) is 11.1 Å². The van der Waals surface area contributed by atoms with Crippen molar-refractivity contribution in [2.24, 2.45) is 0 Å². The van der Waals surface area contributed by atoms with Crippen LogP contribution in [0.2, 0.25) is 0 Å². The molecule has 0 fully saturated rings. The molecule has 13 heavy (non-hydrogen) atoms. The molecule has 0 bridgehead atoms. The predicted molar refractivity (Wildman–Crippen MR) is 62.0 cm³/mol. The second-order valence-corrected chi connectivity index (χ2v) is 3.99. The van der Waals surface area contributed by atoms with E-state index in [0.29, 0.717) is 0 Å². The fourth-order valence-electron chi connectivity index (χ4n) is 1.80. The van der Waals surface area contributed by atoms with Gasteiger partial charge in [0.25, 0.3) is 0 Å². The van der Waals surface area contributed by atoms with Gasteiger partial charge in [-0.3, -0.25) is 0 Å². The number of allylic oxidation sites excluding steroid dienone is 2. The van der Waals surface area contributed by atoms with Crippen LogP contribution >= 0.6 is 0 Å². The van der Waals surface area contributed by atoms with Gasteiger partial charge in [-0.25, -0.2) is 0 Å². The first-order chi connectivity index (χ1) is 6.26. The van der Waals surface area contributed by atoms with E-state index in [4.69, 9.17) is 0 Å². The molecule has 78 valence electrons. The molecule has 0 aromatic rings. The summed E-state index contributed by atoms with van der Waals surface area (Å²) in [5, 5.41) is 0. The van der Waals surface area contributed by atoms with Crippen LogP contribution in [-0.4, -0.2) is 0 Å². The summed E-state index contributed by atoms with van der Waals surface area (Å²) in [5.74, 6) is 0. The van der Waals surface area contributed by atoms with Gasteiger partial charge in [0.1, 0.15) is 0 Å². The molecule has 0 atom stereocenters. The second kappa shape index (κ2) is 8.34. The molecular weight excluding hydrogens is 156 g/mol. The molecular formula is C13H26. The molecule has 0 amide bonds. The van der Waals surface area contributed by atoms with Crippen LogP contribution in [0.1, 0.15) is 72.6 Å². The monoisotopic (exact) mass is 182 g/mol. The summed E-state index contributed by atoms with van der Waals surface area (Å²) in [6.07, 6.45) is 9.27. The van der Waals surface area contributed by atoms with E-state index in [1.54, 1.807) is 11.1 Å². The fourth-order valence-corrected chi connectivity index (χ4v) is 1.80. The molecule has 0 aromatic carbocycles. The van der Waals surface area contributed by atoms with Gasteiger partial charge >= 0.3 is 0 Å². The van der Waals surface area contributed by atoms with Crippen molar-refractivity contribution in [1.82, 2.24) is 0 Å². The van der Waals surface area contributed by atoms with Crippen LogP contribution in [0.25, 0.3) is 0 Å². The highest BCUT2D eigenvalue weighted by atomic mass is 14.1. The van der Waals surface area contributed by atoms with E-state index in [0.717, 1.165) is 0 Å². The lowest BCUT2D eigenvalue weighted by atomic mass is 9.96. The summed E-state index contributed by atoms with van der Waals surface area (Å²) in [6, 6.07) is 0. The van der Waals surface area contributed by atoms with Crippen molar-refractivity contribution in [3.63, 3.8) is 0 Å². The standard InChI is InChI=1S/C13H26/c1-5-8-11-13(10-7-3)12(4)9-6-2/h5-11H2,1-4H3. The van der Waals surface area contributed by atoms with Crippen LogP contribution in [0, 0.1) is 0 Å². The van der Waals surface area contributed by atoms with Gasteiger partial charge < -0.3 is 0 Å². The maximum atomic E-state index is 2.32. The zero-order chi connectivity index (χ0) is 10.1. The Kier molecular flexibility index (Phi) is 8.18. The summed E-state index contributed by atoms with van der Waals surface area (Å²) in [6.45, 7) is 9.15. The van der Waals surface area contributed by atoms with Crippen molar-refractivity contribution in [2.45, 2.75) is 72.6 Å². The average Bonchev–Trinajstić information content (AvgIpc) is 2.12.